The van der Waals surface area contributed by atoms with Crippen molar-refractivity contribution in [3.05, 3.63) is 76.2 Å². The van der Waals surface area contributed by atoms with Crippen LogP contribution in [0.4, 0.5) is 0 Å². The molecule has 0 saturated carbocycles. The minimum atomic E-state index is -1.00. The lowest BCUT2D eigenvalue weighted by molar-refractivity contribution is -0.145. The van der Waals surface area contributed by atoms with E-state index in [1.165, 1.54) is 11.7 Å². The summed E-state index contributed by atoms with van der Waals surface area (Å²) in [4.78, 5) is 39.3. The van der Waals surface area contributed by atoms with E-state index in [9.17, 15) is 19.5 Å². The van der Waals surface area contributed by atoms with Crippen LogP contribution in [0.15, 0.2) is 59.4 Å². The molecule has 4 rings (SSSR count). The first-order valence-corrected chi connectivity index (χ1v) is 9.48. The number of fused-ring (bicyclic) bond motifs is 1. The van der Waals surface area contributed by atoms with Gasteiger partial charge in [-0.05, 0) is 24.5 Å². The molecule has 1 fully saturated rings. The van der Waals surface area contributed by atoms with Crippen LogP contribution in [0.25, 0.3) is 10.8 Å². The van der Waals surface area contributed by atoms with Crippen molar-refractivity contribution in [3.8, 4) is 0 Å². The number of hydrogen-bond acceptors (Lipinski definition) is 4. The van der Waals surface area contributed by atoms with E-state index in [0.29, 0.717) is 36.7 Å². The number of amides is 1. The van der Waals surface area contributed by atoms with E-state index in [-0.39, 0.29) is 17.2 Å². The van der Waals surface area contributed by atoms with Crippen LogP contribution in [0.2, 0.25) is 0 Å². The predicted molar refractivity (Wildman–Crippen MR) is 108 cm³/mol. The van der Waals surface area contributed by atoms with E-state index < -0.39 is 11.4 Å². The quantitative estimate of drug-likeness (QED) is 0.739. The van der Waals surface area contributed by atoms with E-state index in [2.05, 4.69) is 5.10 Å². The normalized spacial score (nSPS) is 16.0. The lowest BCUT2D eigenvalue weighted by Crippen LogP contribution is -2.49. The fourth-order valence-corrected chi connectivity index (χ4v) is 4.08. The number of carbonyl (C=O) groups is 2. The molecule has 2 heterocycles. The highest BCUT2D eigenvalue weighted by atomic mass is 16.4. The number of rotatable bonds is 3. The Labute approximate surface area is 167 Å². The van der Waals surface area contributed by atoms with Crippen molar-refractivity contribution in [2.45, 2.75) is 18.3 Å². The number of carboxylic acid groups (broad SMARTS) is 1. The standard InChI is InChI=1S/C22H21N3O4/c1-24-19(26)17-10-6-5-9-16(17)18(23-24)20(27)25-13-11-22(12-14-25,21(28)29)15-7-3-2-4-8-15/h2-10H,11-14H2,1H3,(H,28,29). The Morgan fingerprint density at radius 3 is 2.17 bits per heavy atom. The number of aliphatic carboxylic acids is 1. The lowest BCUT2D eigenvalue weighted by atomic mass is 9.73. The molecule has 0 spiro atoms. The molecule has 1 aromatic heterocycles. The molecule has 29 heavy (non-hydrogen) atoms. The fraction of sp³-hybridized carbons (Fsp3) is 0.273. The highest BCUT2D eigenvalue weighted by molar-refractivity contribution is 6.04. The van der Waals surface area contributed by atoms with Crippen LogP contribution in [0, 0.1) is 0 Å². The zero-order valence-electron chi connectivity index (χ0n) is 16.0. The van der Waals surface area contributed by atoms with Crippen molar-refractivity contribution in [2.24, 2.45) is 7.05 Å². The van der Waals surface area contributed by atoms with Crippen LogP contribution in [-0.4, -0.2) is 44.8 Å². The molecule has 0 unspecified atom stereocenters. The van der Waals surface area contributed by atoms with Crippen molar-refractivity contribution < 1.29 is 14.7 Å². The fourth-order valence-electron chi connectivity index (χ4n) is 4.08. The molecule has 1 N–H and O–H groups in total. The van der Waals surface area contributed by atoms with Gasteiger partial charge in [0.25, 0.3) is 11.5 Å². The highest BCUT2D eigenvalue weighted by Crippen LogP contribution is 2.36. The maximum atomic E-state index is 13.2. The van der Waals surface area contributed by atoms with Crippen molar-refractivity contribution >= 4 is 22.6 Å². The monoisotopic (exact) mass is 391 g/mol. The molecule has 0 bridgehead atoms. The predicted octanol–water partition coefficient (Wildman–Crippen LogP) is 2.19. The van der Waals surface area contributed by atoms with Crippen LogP contribution >= 0.6 is 0 Å². The van der Waals surface area contributed by atoms with Crippen LogP contribution in [0.5, 0.6) is 0 Å². The van der Waals surface area contributed by atoms with E-state index in [4.69, 9.17) is 0 Å². The van der Waals surface area contributed by atoms with Gasteiger partial charge in [-0.3, -0.25) is 14.4 Å². The molecule has 1 saturated heterocycles. The van der Waals surface area contributed by atoms with Gasteiger partial charge in [0.05, 0.1) is 10.8 Å². The van der Waals surface area contributed by atoms with Crippen LogP contribution < -0.4 is 5.56 Å². The first-order valence-electron chi connectivity index (χ1n) is 9.48. The summed E-state index contributed by atoms with van der Waals surface area (Å²) < 4.78 is 1.17. The first kappa shape index (κ1) is 18.9. The van der Waals surface area contributed by atoms with E-state index >= 15 is 0 Å². The number of benzene rings is 2. The average molecular weight is 391 g/mol. The minimum absolute atomic E-state index is 0.213. The number of carbonyl (C=O) groups excluding carboxylic acids is 1. The Morgan fingerprint density at radius 1 is 0.966 bits per heavy atom. The summed E-state index contributed by atoms with van der Waals surface area (Å²) in [6, 6.07) is 16.1. The lowest BCUT2D eigenvalue weighted by Gasteiger charge is -2.39. The van der Waals surface area contributed by atoms with Gasteiger partial charge in [0.1, 0.15) is 0 Å². The molecule has 1 aliphatic heterocycles. The third-order valence-electron chi connectivity index (χ3n) is 5.80. The maximum Gasteiger partial charge on any atom is 0.314 e. The summed E-state index contributed by atoms with van der Waals surface area (Å²) >= 11 is 0. The van der Waals surface area contributed by atoms with Gasteiger partial charge < -0.3 is 10.0 Å². The van der Waals surface area contributed by atoms with Crippen molar-refractivity contribution in [2.75, 3.05) is 13.1 Å². The van der Waals surface area contributed by atoms with Gasteiger partial charge in [-0.2, -0.15) is 5.10 Å². The van der Waals surface area contributed by atoms with Gasteiger partial charge in [0.15, 0.2) is 5.69 Å². The second-order valence-electron chi connectivity index (χ2n) is 7.37. The molecule has 0 radical (unpaired) electrons. The number of hydrogen-bond donors (Lipinski definition) is 1. The molecule has 3 aromatic rings. The average Bonchev–Trinajstić information content (AvgIpc) is 2.76. The Hall–Kier alpha value is -3.48. The van der Waals surface area contributed by atoms with Crippen molar-refractivity contribution in [1.82, 2.24) is 14.7 Å². The third kappa shape index (κ3) is 3.08. The molecule has 2 aromatic carbocycles. The molecule has 0 aliphatic carbocycles. The summed E-state index contributed by atoms with van der Waals surface area (Å²) in [6.07, 6.45) is 0.642. The topological polar surface area (TPSA) is 92.5 Å². The Kier molecular flexibility index (Phi) is 4.66. The summed E-state index contributed by atoms with van der Waals surface area (Å²) in [5, 5.41) is 15.1. The van der Waals surface area contributed by atoms with Gasteiger partial charge in [-0.1, -0.05) is 48.5 Å². The zero-order chi connectivity index (χ0) is 20.6. The number of likely N-dealkylation sites (tertiary alicyclic amines) is 1. The third-order valence-corrected chi connectivity index (χ3v) is 5.80. The summed E-state index contributed by atoms with van der Waals surface area (Å²) in [7, 11) is 1.52. The maximum absolute atomic E-state index is 13.2. The Bertz CT molecular complexity index is 1150. The molecule has 1 amide bonds. The van der Waals surface area contributed by atoms with Crippen molar-refractivity contribution in [1.29, 1.82) is 0 Å². The largest absolute Gasteiger partial charge is 0.481 e. The summed E-state index contributed by atoms with van der Waals surface area (Å²) in [5.41, 5.74) is -0.294. The van der Waals surface area contributed by atoms with Crippen LogP contribution in [0.3, 0.4) is 0 Å². The SMILES string of the molecule is Cn1nc(C(=O)N2CCC(C(=O)O)(c3ccccc3)CC2)c2ccccc2c1=O. The molecular weight excluding hydrogens is 370 g/mol. The van der Waals surface area contributed by atoms with Crippen LogP contribution in [0.1, 0.15) is 28.9 Å². The van der Waals surface area contributed by atoms with E-state index in [0.717, 1.165) is 5.56 Å². The molecule has 7 nitrogen and oxygen atoms in total. The second kappa shape index (κ2) is 7.16. The number of aryl methyl sites for hydroxylation is 1. The Morgan fingerprint density at radius 2 is 1.55 bits per heavy atom. The number of aromatic nitrogens is 2. The van der Waals surface area contributed by atoms with Gasteiger partial charge >= 0.3 is 5.97 Å². The molecule has 148 valence electrons. The summed E-state index contributed by atoms with van der Waals surface area (Å²) in [5.74, 6) is -1.16. The first-order chi connectivity index (χ1) is 13.9. The Balaban J connectivity index is 1.65. The van der Waals surface area contributed by atoms with Gasteiger partial charge in [-0.25, -0.2) is 4.68 Å². The van der Waals surface area contributed by atoms with Gasteiger partial charge in [-0.15, -0.1) is 0 Å². The molecule has 1 aliphatic rings. The highest BCUT2D eigenvalue weighted by Gasteiger charge is 2.44. The number of carboxylic acids is 1. The minimum Gasteiger partial charge on any atom is -0.481 e. The van der Waals surface area contributed by atoms with E-state index in [1.807, 2.05) is 30.3 Å². The second-order valence-corrected chi connectivity index (χ2v) is 7.37. The van der Waals surface area contributed by atoms with E-state index in [1.54, 1.807) is 29.2 Å². The number of piperidine rings is 1. The smallest absolute Gasteiger partial charge is 0.314 e. The summed E-state index contributed by atoms with van der Waals surface area (Å²) in [6.45, 7) is 0.609. The molecule has 0 atom stereocenters. The van der Waals surface area contributed by atoms with Crippen LogP contribution in [-0.2, 0) is 17.3 Å². The molecular formula is C22H21N3O4. The van der Waals surface area contributed by atoms with Crippen molar-refractivity contribution in [3.63, 3.8) is 0 Å². The van der Waals surface area contributed by atoms with Gasteiger partial charge in [0.2, 0.25) is 0 Å². The van der Waals surface area contributed by atoms with Gasteiger partial charge in [0, 0.05) is 25.5 Å². The zero-order valence-corrected chi connectivity index (χ0v) is 16.0. The molecule has 7 heteroatoms. The number of nitrogens with zero attached hydrogens (tertiary/aromatic N) is 3.